The number of benzene rings is 1. The van der Waals surface area contributed by atoms with E-state index in [2.05, 4.69) is 28.2 Å². The number of hydrogen-bond acceptors (Lipinski definition) is 3. The van der Waals surface area contributed by atoms with Crippen LogP contribution >= 0.6 is 0 Å². The molecule has 0 atom stereocenters. The van der Waals surface area contributed by atoms with Crippen LogP contribution in [-0.2, 0) is 0 Å². The minimum Gasteiger partial charge on any atom is -0.496 e. The van der Waals surface area contributed by atoms with Crippen LogP contribution in [0, 0.1) is 0 Å². The monoisotopic (exact) mass is 275 g/mol. The maximum absolute atomic E-state index is 5.37. The molecule has 0 spiro atoms. The van der Waals surface area contributed by atoms with Crippen molar-refractivity contribution >= 4 is 21.7 Å². The fourth-order valence-corrected chi connectivity index (χ4v) is 2.62. The lowest BCUT2D eigenvalue weighted by molar-refractivity contribution is 0.419. The molecule has 0 fully saturated rings. The molecule has 0 amide bonds. The van der Waals surface area contributed by atoms with Crippen LogP contribution in [0.3, 0.4) is 0 Å². The summed E-state index contributed by atoms with van der Waals surface area (Å²) in [6, 6.07) is 12.1. The molecule has 0 aliphatic carbocycles. The van der Waals surface area contributed by atoms with Gasteiger partial charge in [-0.1, -0.05) is 12.1 Å². The van der Waals surface area contributed by atoms with Crippen LogP contribution in [0.1, 0.15) is 0 Å². The highest BCUT2D eigenvalue weighted by molar-refractivity contribution is 5.89. The Balaban J connectivity index is 1.95. The second-order valence-corrected chi connectivity index (χ2v) is 4.84. The average Bonchev–Trinajstić information content (AvgIpc) is 2.97. The molecule has 3 heterocycles. The number of aromatic nitrogens is 3. The third kappa shape index (κ3) is 1.84. The van der Waals surface area contributed by atoms with Crippen molar-refractivity contribution in [1.82, 2.24) is 14.5 Å². The lowest BCUT2D eigenvalue weighted by Crippen LogP contribution is -1.96. The number of pyridine rings is 2. The quantitative estimate of drug-likeness (QED) is 0.561. The van der Waals surface area contributed by atoms with Gasteiger partial charge in [0.05, 0.1) is 18.8 Å². The van der Waals surface area contributed by atoms with Gasteiger partial charge < -0.3 is 4.74 Å². The van der Waals surface area contributed by atoms with E-state index >= 15 is 0 Å². The van der Waals surface area contributed by atoms with E-state index in [1.54, 1.807) is 13.3 Å². The number of nitrogens with zero attached hydrogens (tertiary/aromatic N) is 3. The Bertz CT molecular complexity index is 943. The van der Waals surface area contributed by atoms with Crippen LogP contribution < -0.4 is 4.74 Å². The summed E-state index contributed by atoms with van der Waals surface area (Å²) in [6.07, 6.45) is 7.52. The molecule has 3 aromatic heterocycles. The van der Waals surface area contributed by atoms with Gasteiger partial charge in [0, 0.05) is 29.4 Å². The SMILES string of the molecule is COc1cccc2cc(-n3ccc4ccncc43)ncc12. The Labute approximate surface area is 121 Å². The molecule has 0 saturated carbocycles. The molecule has 4 aromatic rings. The Kier molecular flexibility index (Phi) is 2.60. The van der Waals surface area contributed by atoms with Crippen LogP contribution in [0.5, 0.6) is 5.75 Å². The van der Waals surface area contributed by atoms with Gasteiger partial charge in [-0.3, -0.25) is 9.55 Å². The first-order valence-corrected chi connectivity index (χ1v) is 6.71. The minimum atomic E-state index is 0.839. The van der Waals surface area contributed by atoms with Crippen LogP contribution in [0.4, 0.5) is 0 Å². The van der Waals surface area contributed by atoms with E-state index < -0.39 is 0 Å². The van der Waals surface area contributed by atoms with Crippen LogP contribution in [0.2, 0.25) is 0 Å². The summed E-state index contributed by atoms with van der Waals surface area (Å²) in [5.74, 6) is 1.71. The maximum Gasteiger partial charge on any atom is 0.137 e. The molecular weight excluding hydrogens is 262 g/mol. The molecule has 0 aliphatic heterocycles. The highest BCUT2D eigenvalue weighted by atomic mass is 16.5. The third-order valence-corrected chi connectivity index (χ3v) is 3.67. The molecular formula is C17H13N3O. The molecule has 1 aromatic carbocycles. The first-order valence-electron chi connectivity index (χ1n) is 6.71. The lowest BCUT2D eigenvalue weighted by Gasteiger charge is -2.08. The van der Waals surface area contributed by atoms with Crippen molar-refractivity contribution in [3.8, 4) is 11.6 Å². The smallest absolute Gasteiger partial charge is 0.137 e. The van der Waals surface area contributed by atoms with E-state index in [1.807, 2.05) is 41.4 Å². The summed E-state index contributed by atoms with van der Waals surface area (Å²) < 4.78 is 7.41. The Morgan fingerprint density at radius 2 is 2.00 bits per heavy atom. The Morgan fingerprint density at radius 1 is 1.05 bits per heavy atom. The van der Waals surface area contributed by atoms with E-state index in [0.29, 0.717) is 0 Å². The van der Waals surface area contributed by atoms with Crippen molar-refractivity contribution in [3.05, 3.63) is 61.2 Å². The highest BCUT2D eigenvalue weighted by Gasteiger charge is 2.07. The van der Waals surface area contributed by atoms with Crippen LogP contribution in [0.25, 0.3) is 27.5 Å². The van der Waals surface area contributed by atoms with E-state index in [1.165, 1.54) is 0 Å². The summed E-state index contributed by atoms with van der Waals surface area (Å²) in [4.78, 5) is 8.76. The lowest BCUT2D eigenvalue weighted by atomic mass is 10.1. The topological polar surface area (TPSA) is 39.9 Å². The summed E-state index contributed by atoms with van der Waals surface area (Å²) in [5.41, 5.74) is 1.05. The second kappa shape index (κ2) is 4.59. The predicted octanol–water partition coefficient (Wildman–Crippen LogP) is 3.58. The van der Waals surface area contributed by atoms with Crippen LogP contribution in [-0.4, -0.2) is 21.6 Å². The van der Waals surface area contributed by atoms with Crippen molar-refractivity contribution in [3.63, 3.8) is 0 Å². The molecule has 4 rings (SSSR count). The first kappa shape index (κ1) is 11.9. The number of fused-ring (bicyclic) bond motifs is 2. The van der Waals surface area contributed by atoms with Gasteiger partial charge in [-0.2, -0.15) is 0 Å². The summed E-state index contributed by atoms with van der Waals surface area (Å²) in [7, 11) is 1.67. The molecule has 0 N–H and O–H groups in total. The normalized spacial score (nSPS) is 11.1. The summed E-state index contributed by atoms with van der Waals surface area (Å²) >= 11 is 0. The van der Waals surface area contributed by atoms with E-state index in [9.17, 15) is 0 Å². The fraction of sp³-hybridized carbons (Fsp3) is 0.0588. The zero-order valence-corrected chi connectivity index (χ0v) is 11.5. The minimum absolute atomic E-state index is 0.839. The zero-order chi connectivity index (χ0) is 14.2. The molecule has 21 heavy (non-hydrogen) atoms. The van der Waals surface area contributed by atoms with Gasteiger partial charge in [-0.25, -0.2) is 4.98 Å². The van der Waals surface area contributed by atoms with Crippen molar-refractivity contribution in [2.75, 3.05) is 7.11 Å². The number of methoxy groups -OCH3 is 1. The molecule has 102 valence electrons. The number of hydrogen-bond donors (Lipinski definition) is 0. The molecule has 0 saturated heterocycles. The number of rotatable bonds is 2. The fourth-order valence-electron chi connectivity index (χ4n) is 2.62. The summed E-state index contributed by atoms with van der Waals surface area (Å²) in [5, 5.41) is 3.26. The van der Waals surface area contributed by atoms with Crippen molar-refractivity contribution in [2.45, 2.75) is 0 Å². The van der Waals surface area contributed by atoms with Gasteiger partial charge in [-0.05, 0) is 29.7 Å². The maximum atomic E-state index is 5.37. The van der Waals surface area contributed by atoms with Crippen molar-refractivity contribution < 1.29 is 4.74 Å². The average molecular weight is 275 g/mol. The van der Waals surface area contributed by atoms with Crippen molar-refractivity contribution in [1.29, 1.82) is 0 Å². The molecule has 0 aliphatic rings. The van der Waals surface area contributed by atoms with E-state index in [-0.39, 0.29) is 0 Å². The predicted molar refractivity (Wildman–Crippen MR) is 82.9 cm³/mol. The van der Waals surface area contributed by atoms with Gasteiger partial charge in [0.2, 0.25) is 0 Å². The molecule has 4 heteroatoms. The van der Waals surface area contributed by atoms with Gasteiger partial charge >= 0.3 is 0 Å². The van der Waals surface area contributed by atoms with Gasteiger partial charge in [0.25, 0.3) is 0 Å². The third-order valence-electron chi connectivity index (χ3n) is 3.67. The standard InChI is InChI=1S/C17H13N3O/c1-21-16-4-2-3-13-9-17(19-10-14(13)16)20-8-6-12-5-7-18-11-15(12)20/h2-11H,1H3. The molecule has 0 bridgehead atoms. The second-order valence-electron chi connectivity index (χ2n) is 4.84. The van der Waals surface area contributed by atoms with Crippen molar-refractivity contribution in [2.24, 2.45) is 0 Å². The largest absolute Gasteiger partial charge is 0.496 e. The van der Waals surface area contributed by atoms with E-state index in [4.69, 9.17) is 4.74 Å². The van der Waals surface area contributed by atoms with Gasteiger partial charge in [0.15, 0.2) is 0 Å². The van der Waals surface area contributed by atoms with Crippen LogP contribution in [0.15, 0.2) is 61.2 Å². The van der Waals surface area contributed by atoms with Gasteiger partial charge in [-0.15, -0.1) is 0 Å². The van der Waals surface area contributed by atoms with Gasteiger partial charge in [0.1, 0.15) is 11.6 Å². The zero-order valence-electron chi connectivity index (χ0n) is 11.5. The molecule has 4 nitrogen and oxygen atoms in total. The Morgan fingerprint density at radius 3 is 2.90 bits per heavy atom. The molecule has 0 radical (unpaired) electrons. The summed E-state index contributed by atoms with van der Waals surface area (Å²) in [6.45, 7) is 0. The Hall–Kier alpha value is -2.88. The number of ether oxygens (including phenoxy) is 1. The van der Waals surface area contributed by atoms with E-state index in [0.717, 1.165) is 33.2 Å². The molecule has 0 unspecified atom stereocenters. The highest BCUT2D eigenvalue weighted by Crippen LogP contribution is 2.27. The first-order chi connectivity index (χ1) is 10.4.